The van der Waals surface area contributed by atoms with Crippen LogP contribution in [0, 0.1) is 23.7 Å². The van der Waals surface area contributed by atoms with E-state index < -0.39 is 18.4 Å². The van der Waals surface area contributed by atoms with Gasteiger partial charge >= 0.3 is 0 Å². The highest BCUT2D eigenvalue weighted by atomic mass is 19.2. The van der Waals surface area contributed by atoms with Crippen molar-refractivity contribution in [2.45, 2.75) is 167 Å². The zero-order chi connectivity index (χ0) is 25.6. The largest absolute Gasteiger partial charge is 0.378 e. The number of halogens is 2. The number of rotatable bonds is 16. The van der Waals surface area contributed by atoms with E-state index in [1.807, 2.05) is 0 Å². The lowest BCUT2D eigenvalue weighted by molar-refractivity contribution is -0.0894. The Hall–Kier alpha value is -0.220. The number of ether oxygens (including phenoxy) is 2. The van der Waals surface area contributed by atoms with Crippen LogP contribution in [0.3, 0.4) is 0 Å². The summed E-state index contributed by atoms with van der Waals surface area (Å²) in [7, 11) is 0. The summed E-state index contributed by atoms with van der Waals surface area (Å²) in [4.78, 5) is 0. The second-order valence-corrected chi connectivity index (χ2v) is 12.6. The normalized spacial score (nSPS) is 35.7. The smallest absolute Gasteiger partial charge is 0.157 e. The first kappa shape index (κ1) is 30.3. The van der Waals surface area contributed by atoms with E-state index >= 15 is 4.39 Å². The number of hydrogen-bond donors (Lipinski definition) is 0. The lowest BCUT2D eigenvalue weighted by Crippen LogP contribution is -2.46. The van der Waals surface area contributed by atoms with E-state index in [0.29, 0.717) is 31.0 Å². The van der Waals surface area contributed by atoms with Crippen molar-refractivity contribution in [2.75, 3.05) is 13.2 Å². The summed E-state index contributed by atoms with van der Waals surface area (Å²) in [6.45, 7) is 5.96. The Morgan fingerprint density at radius 1 is 0.583 bits per heavy atom. The minimum Gasteiger partial charge on any atom is -0.378 e. The molecule has 212 valence electrons. The third-order valence-corrected chi connectivity index (χ3v) is 9.76. The maximum absolute atomic E-state index is 15.1. The quantitative estimate of drug-likeness (QED) is 0.192. The summed E-state index contributed by atoms with van der Waals surface area (Å²) in [5.74, 6) is 1.77. The molecule has 0 aromatic rings. The van der Waals surface area contributed by atoms with Gasteiger partial charge in [0.15, 0.2) is 6.17 Å². The van der Waals surface area contributed by atoms with Crippen LogP contribution in [0.1, 0.15) is 142 Å². The van der Waals surface area contributed by atoms with Gasteiger partial charge < -0.3 is 9.47 Å². The molecule has 3 aliphatic rings. The predicted octanol–water partition coefficient (Wildman–Crippen LogP) is 9.78. The van der Waals surface area contributed by atoms with E-state index in [9.17, 15) is 4.39 Å². The predicted molar refractivity (Wildman–Crippen MR) is 147 cm³/mol. The van der Waals surface area contributed by atoms with E-state index in [4.69, 9.17) is 9.47 Å². The van der Waals surface area contributed by atoms with E-state index in [2.05, 4.69) is 13.8 Å². The number of unbranched alkanes of at least 4 members (excludes halogenated alkanes) is 7. The maximum Gasteiger partial charge on any atom is 0.157 e. The summed E-state index contributed by atoms with van der Waals surface area (Å²) >= 11 is 0. The van der Waals surface area contributed by atoms with Crippen molar-refractivity contribution in [3.63, 3.8) is 0 Å². The van der Waals surface area contributed by atoms with Crippen LogP contribution in [-0.2, 0) is 9.47 Å². The molecule has 4 heteroatoms. The molecule has 0 spiro atoms. The van der Waals surface area contributed by atoms with Crippen molar-refractivity contribution < 1.29 is 18.3 Å². The van der Waals surface area contributed by atoms with Gasteiger partial charge in [-0.25, -0.2) is 8.78 Å². The highest BCUT2D eigenvalue weighted by Crippen LogP contribution is 2.43. The molecule has 0 amide bonds. The second-order valence-electron chi connectivity index (χ2n) is 12.6. The fourth-order valence-electron chi connectivity index (χ4n) is 7.23. The topological polar surface area (TPSA) is 18.5 Å². The first-order valence-corrected chi connectivity index (χ1v) is 16.1. The van der Waals surface area contributed by atoms with Gasteiger partial charge in [0, 0.05) is 13.2 Å². The Bertz CT molecular complexity index is 542. The van der Waals surface area contributed by atoms with Crippen LogP contribution in [-0.4, -0.2) is 37.8 Å². The Morgan fingerprint density at radius 2 is 1.22 bits per heavy atom. The van der Waals surface area contributed by atoms with Gasteiger partial charge in [0.2, 0.25) is 0 Å². The van der Waals surface area contributed by atoms with E-state index in [-0.39, 0.29) is 5.92 Å². The van der Waals surface area contributed by atoms with Crippen molar-refractivity contribution in [3.05, 3.63) is 0 Å². The molecule has 0 aromatic carbocycles. The summed E-state index contributed by atoms with van der Waals surface area (Å²) in [6, 6.07) is 0. The molecule has 0 aliphatic heterocycles. The third-order valence-electron chi connectivity index (χ3n) is 9.76. The minimum absolute atomic E-state index is 0.112. The Labute approximate surface area is 222 Å². The van der Waals surface area contributed by atoms with Gasteiger partial charge in [-0.15, -0.1) is 0 Å². The molecule has 36 heavy (non-hydrogen) atoms. The molecule has 3 aliphatic carbocycles. The highest BCUT2D eigenvalue weighted by molar-refractivity contribution is 4.93. The summed E-state index contributed by atoms with van der Waals surface area (Å²) in [5, 5.41) is 0. The average Bonchev–Trinajstić information content (AvgIpc) is 2.90. The molecule has 0 N–H and O–H groups in total. The Balaban J connectivity index is 1.26. The van der Waals surface area contributed by atoms with Gasteiger partial charge in [0.05, 0.1) is 12.2 Å². The fraction of sp³-hybridized carbons (Fsp3) is 1.00. The van der Waals surface area contributed by atoms with Crippen LogP contribution in [0.4, 0.5) is 8.78 Å². The third kappa shape index (κ3) is 10.2. The molecular weight excluding hydrogens is 454 g/mol. The molecule has 4 unspecified atom stereocenters. The van der Waals surface area contributed by atoms with E-state index in [1.54, 1.807) is 0 Å². The molecule has 3 saturated carbocycles. The van der Waals surface area contributed by atoms with Crippen molar-refractivity contribution in [2.24, 2.45) is 23.7 Å². The Kier molecular flexibility index (Phi) is 14.6. The standard InChI is InChI=1S/C32H58F2O2/c1-3-5-7-8-9-11-23-35-30-22-21-29(31(33)32(30)34)27-17-13-26(14-18-27)24-36-28-19-15-25(16-20-28)12-10-6-4-2/h25-32H,3-24H2,1-2H3. The van der Waals surface area contributed by atoms with Crippen molar-refractivity contribution in [1.29, 1.82) is 0 Å². The molecule has 0 heterocycles. The Morgan fingerprint density at radius 3 is 1.94 bits per heavy atom. The monoisotopic (exact) mass is 512 g/mol. The summed E-state index contributed by atoms with van der Waals surface area (Å²) < 4.78 is 42.2. The lowest BCUT2D eigenvalue weighted by Gasteiger charge is -2.41. The van der Waals surface area contributed by atoms with Crippen LogP contribution in [0.25, 0.3) is 0 Å². The van der Waals surface area contributed by atoms with Gasteiger partial charge in [0.1, 0.15) is 6.17 Å². The maximum atomic E-state index is 15.1. The molecule has 0 radical (unpaired) electrons. The molecule has 0 saturated heterocycles. The number of alkyl halides is 2. The SMILES string of the molecule is CCCCCCCCOC1CCC(C2CCC(COC3CCC(CCCCC)CC3)CC2)C(F)C1F. The molecule has 3 rings (SSSR count). The number of hydrogen-bond acceptors (Lipinski definition) is 2. The lowest BCUT2D eigenvalue weighted by atomic mass is 9.69. The van der Waals surface area contributed by atoms with Gasteiger partial charge in [-0.1, -0.05) is 71.6 Å². The van der Waals surface area contributed by atoms with Gasteiger partial charge in [-0.3, -0.25) is 0 Å². The average molecular weight is 513 g/mol. The zero-order valence-electron chi connectivity index (χ0n) is 23.7. The zero-order valence-corrected chi connectivity index (χ0v) is 23.7. The van der Waals surface area contributed by atoms with Crippen LogP contribution < -0.4 is 0 Å². The molecule has 0 bridgehead atoms. The second kappa shape index (κ2) is 17.4. The van der Waals surface area contributed by atoms with Crippen LogP contribution in [0.5, 0.6) is 0 Å². The first-order valence-electron chi connectivity index (χ1n) is 16.1. The minimum atomic E-state index is -1.44. The van der Waals surface area contributed by atoms with Gasteiger partial charge in [-0.2, -0.15) is 0 Å². The molecule has 4 atom stereocenters. The van der Waals surface area contributed by atoms with Gasteiger partial charge in [0.25, 0.3) is 0 Å². The first-order chi connectivity index (χ1) is 17.6. The van der Waals surface area contributed by atoms with Crippen LogP contribution in [0.2, 0.25) is 0 Å². The fourth-order valence-corrected chi connectivity index (χ4v) is 7.23. The molecule has 0 aromatic heterocycles. The van der Waals surface area contributed by atoms with Gasteiger partial charge in [-0.05, 0) is 94.3 Å². The van der Waals surface area contributed by atoms with Crippen molar-refractivity contribution in [3.8, 4) is 0 Å². The van der Waals surface area contributed by atoms with Crippen molar-refractivity contribution >= 4 is 0 Å². The molecule has 3 fully saturated rings. The van der Waals surface area contributed by atoms with E-state index in [0.717, 1.165) is 57.5 Å². The van der Waals surface area contributed by atoms with Crippen molar-refractivity contribution in [1.82, 2.24) is 0 Å². The molecule has 2 nitrogen and oxygen atoms in total. The summed E-state index contributed by atoms with van der Waals surface area (Å²) in [5.41, 5.74) is 0. The molecular formula is C32H58F2O2. The van der Waals surface area contributed by atoms with Crippen LogP contribution in [0.15, 0.2) is 0 Å². The highest BCUT2D eigenvalue weighted by Gasteiger charge is 2.44. The summed E-state index contributed by atoms with van der Waals surface area (Å²) in [6.07, 6.45) is 20.7. The van der Waals surface area contributed by atoms with Crippen LogP contribution >= 0.6 is 0 Å². The van der Waals surface area contributed by atoms with E-state index in [1.165, 1.54) is 77.0 Å².